The minimum Gasteiger partial charge on any atom is -0.393 e. The van der Waals surface area contributed by atoms with Crippen LogP contribution in [0.4, 0.5) is 14.5 Å². The second-order valence-electron chi connectivity index (χ2n) is 8.23. The molecular formula is C23H28F2N2O2. The Morgan fingerprint density at radius 2 is 1.93 bits per heavy atom. The molecule has 2 heterocycles. The lowest BCUT2D eigenvalue weighted by Gasteiger charge is -2.38. The van der Waals surface area contributed by atoms with Crippen LogP contribution < -0.4 is 4.90 Å². The zero-order valence-corrected chi connectivity index (χ0v) is 16.5. The number of pyridine rings is 1. The van der Waals surface area contributed by atoms with E-state index in [2.05, 4.69) is 22.0 Å². The SMILES string of the molecule is OC[C@@H](O)c1cccc(-c2ccc3c(c2)CCCCN3C2CCC(F)(F)CC2)n1. The Balaban J connectivity index is 1.62. The van der Waals surface area contributed by atoms with Gasteiger partial charge in [0.05, 0.1) is 18.0 Å². The summed E-state index contributed by atoms with van der Waals surface area (Å²) in [5.41, 5.74) is 4.56. The molecule has 0 spiro atoms. The number of anilines is 1. The molecule has 0 bridgehead atoms. The molecule has 0 amide bonds. The molecule has 1 atom stereocenters. The van der Waals surface area contributed by atoms with E-state index in [0.29, 0.717) is 18.5 Å². The van der Waals surface area contributed by atoms with Crippen LogP contribution in [0.1, 0.15) is 55.9 Å². The minimum absolute atomic E-state index is 0.0223. The van der Waals surface area contributed by atoms with Crippen LogP contribution in [0.25, 0.3) is 11.3 Å². The molecule has 156 valence electrons. The number of aliphatic hydroxyl groups excluding tert-OH is 2. The lowest BCUT2D eigenvalue weighted by molar-refractivity contribution is -0.0381. The number of halogens is 2. The molecule has 4 rings (SSSR count). The summed E-state index contributed by atoms with van der Waals surface area (Å²) in [6.07, 6.45) is 3.14. The highest BCUT2D eigenvalue weighted by Gasteiger charge is 2.37. The van der Waals surface area contributed by atoms with Gasteiger partial charge in [0.15, 0.2) is 0 Å². The Hall–Kier alpha value is -2.05. The molecule has 2 aromatic rings. The van der Waals surface area contributed by atoms with Crippen molar-refractivity contribution < 1.29 is 19.0 Å². The van der Waals surface area contributed by atoms with E-state index in [1.54, 1.807) is 6.07 Å². The van der Waals surface area contributed by atoms with Gasteiger partial charge in [-0.3, -0.25) is 0 Å². The summed E-state index contributed by atoms with van der Waals surface area (Å²) in [4.78, 5) is 6.85. The molecule has 1 saturated carbocycles. The third-order valence-corrected chi connectivity index (χ3v) is 6.19. The molecule has 4 nitrogen and oxygen atoms in total. The lowest BCUT2D eigenvalue weighted by Crippen LogP contribution is -2.41. The van der Waals surface area contributed by atoms with Gasteiger partial charge < -0.3 is 15.1 Å². The van der Waals surface area contributed by atoms with Crippen LogP contribution in [0, 0.1) is 0 Å². The Morgan fingerprint density at radius 3 is 2.69 bits per heavy atom. The van der Waals surface area contributed by atoms with Gasteiger partial charge >= 0.3 is 0 Å². The van der Waals surface area contributed by atoms with Crippen molar-refractivity contribution in [2.45, 2.75) is 63.0 Å². The zero-order chi connectivity index (χ0) is 20.4. The maximum absolute atomic E-state index is 13.6. The smallest absolute Gasteiger partial charge is 0.248 e. The number of aromatic nitrogens is 1. The van der Waals surface area contributed by atoms with Crippen LogP contribution in [-0.2, 0) is 6.42 Å². The predicted octanol–water partition coefficient (Wildman–Crippen LogP) is 4.49. The molecule has 0 unspecified atom stereocenters. The van der Waals surface area contributed by atoms with Crippen molar-refractivity contribution in [2.75, 3.05) is 18.1 Å². The van der Waals surface area contributed by atoms with Crippen molar-refractivity contribution in [3.63, 3.8) is 0 Å². The number of alkyl halides is 2. The third kappa shape index (κ3) is 4.43. The lowest BCUT2D eigenvalue weighted by atomic mass is 9.90. The van der Waals surface area contributed by atoms with Crippen LogP contribution in [0.15, 0.2) is 36.4 Å². The molecule has 1 aromatic carbocycles. The van der Waals surface area contributed by atoms with Gasteiger partial charge in [-0.15, -0.1) is 0 Å². The number of aryl methyl sites for hydroxylation is 1. The number of hydrogen-bond donors (Lipinski definition) is 2. The Bertz CT molecular complexity index is 849. The van der Waals surface area contributed by atoms with E-state index in [1.165, 1.54) is 5.56 Å². The summed E-state index contributed by atoms with van der Waals surface area (Å²) in [6.45, 7) is 0.551. The highest BCUT2D eigenvalue weighted by atomic mass is 19.3. The first-order valence-electron chi connectivity index (χ1n) is 10.5. The summed E-state index contributed by atoms with van der Waals surface area (Å²) in [6, 6.07) is 11.9. The van der Waals surface area contributed by atoms with Crippen LogP contribution in [0.3, 0.4) is 0 Å². The molecule has 0 saturated heterocycles. The summed E-state index contributed by atoms with van der Waals surface area (Å²) in [7, 11) is 0. The third-order valence-electron chi connectivity index (χ3n) is 6.19. The van der Waals surface area contributed by atoms with Crippen LogP contribution in [-0.4, -0.2) is 40.3 Å². The molecular weight excluding hydrogens is 374 g/mol. The minimum atomic E-state index is -2.51. The van der Waals surface area contributed by atoms with E-state index in [-0.39, 0.29) is 25.5 Å². The quantitative estimate of drug-likeness (QED) is 0.791. The van der Waals surface area contributed by atoms with Gasteiger partial charge in [-0.1, -0.05) is 12.1 Å². The Kier molecular flexibility index (Phi) is 5.83. The summed E-state index contributed by atoms with van der Waals surface area (Å²) >= 11 is 0. The van der Waals surface area contributed by atoms with Gasteiger partial charge in [0.1, 0.15) is 6.10 Å². The highest BCUT2D eigenvalue weighted by molar-refractivity contribution is 5.67. The van der Waals surface area contributed by atoms with Crippen molar-refractivity contribution in [1.82, 2.24) is 4.98 Å². The molecule has 1 aromatic heterocycles. The Morgan fingerprint density at radius 1 is 1.14 bits per heavy atom. The Labute approximate surface area is 170 Å². The number of nitrogens with zero attached hydrogens (tertiary/aromatic N) is 2. The van der Waals surface area contributed by atoms with Crippen molar-refractivity contribution in [1.29, 1.82) is 0 Å². The molecule has 1 fully saturated rings. The van der Waals surface area contributed by atoms with Crippen LogP contribution in [0.5, 0.6) is 0 Å². The average Bonchev–Trinajstić information content (AvgIpc) is 2.95. The normalized spacial score (nSPS) is 20.8. The second-order valence-corrected chi connectivity index (χ2v) is 8.23. The number of hydrogen-bond acceptors (Lipinski definition) is 4. The van der Waals surface area contributed by atoms with E-state index in [0.717, 1.165) is 42.8 Å². The van der Waals surface area contributed by atoms with Gasteiger partial charge in [0.25, 0.3) is 0 Å². The van der Waals surface area contributed by atoms with E-state index in [9.17, 15) is 19.0 Å². The van der Waals surface area contributed by atoms with Gasteiger partial charge in [0.2, 0.25) is 5.92 Å². The van der Waals surface area contributed by atoms with E-state index >= 15 is 0 Å². The van der Waals surface area contributed by atoms with Crippen molar-refractivity contribution >= 4 is 5.69 Å². The van der Waals surface area contributed by atoms with E-state index < -0.39 is 12.0 Å². The molecule has 2 aliphatic rings. The van der Waals surface area contributed by atoms with Gasteiger partial charge in [-0.25, -0.2) is 13.8 Å². The number of aliphatic hydroxyl groups is 2. The molecule has 1 aliphatic carbocycles. The fraction of sp³-hybridized carbons (Fsp3) is 0.522. The zero-order valence-electron chi connectivity index (χ0n) is 16.5. The van der Waals surface area contributed by atoms with Crippen molar-refractivity contribution in [3.05, 3.63) is 47.7 Å². The average molecular weight is 402 g/mol. The monoisotopic (exact) mass is 402 g/mol. The molecule has 6 heteroatoms. The maximum atomic E-state index is 13.6. The number of rotatable bonds is 4. The fourth-order valence-electron chi connectivity index (χ4n) is 4.55. The standard InChI is InChI=1S/C23H28F2N2O2/c24-23(25)11-9-18(10-12-23)27-13-2-1-4-17-14-16(7-8-21(17)27)19-5-3-6-20(26-19)22(29)15-28/h3,5-8,14,18,22,28-29H,1-2,4,9-13,15H2/t22-/m1/s1. The summed E-state index contributed by atoms with van der Waals surface area (Å²) < 4.78 is 27.2. The van der Waals surface area contributed by atoms with Gasteiger partial charge in [0, 0.05) is 36.7 Å². The summed E-state index contributed by atoms with van der Waals surface area (Å²) in [5.74, 6) is -2.51. The second kappa shape index (κ2) is 8.36. The van der Waals surface area contributed by atoms with Crippen molar-refractivity contribution in [3.8, 4) is 11.3 Å². The fourth-order valence-corrected chi connectivity index (χ4v) is 4.55. The molecule has 0 radical (unpaired) electrons. The van der Waals surface area contributed by atoms with Gasteiger partial charge in [-0.05, 0) is 61.9 Å². The molecule has 29 heavy (non-hydrogen) atoms. The number of benzene rings is 1. The molecule has 2 N–H and O–H groups in total. The predicted molar refractivity (Wildman–Crippen MR) is 109 cm³/mol. The molecule has 1 aliphatic heterocycles. The van der Waals surface area contributed by atoms with E-state index in [1.807, 2.05) is 18.2 Å². The largest absolute Gasteiger partial charge is 0.393 e. The van der Waals surface area contributed by atoms with E-state index in [4.69, 9.17) is 0 Å². The van der Waals surface area contributed by atoms with Crippen molar-refractivity contribution in [2.24, 2.45) is 0 Å². The van der Waals surface area contributed by atoms with Crippen LogP contribution in [0.2, 0.25) is 0 Å². The maximum Gasteiger partial charge on any atom is 0.248 e. The van der Waals surface area contributed by atoms with Gasteiger partial charge in [-0.2, -0.15) is 0 Å². The first kappa shape index (κ1) is 20.2. The first-order valence-corrected chi connectivity index (χ1v) is 10.5. The highest BCUT2D eigenvalue weighted by Crippen LogP contribution is 2.39. The number of fused-ring (bicyclic) bond motifs is 1. The first-order chi connectivity index (χ1) is 14.0. The topological polar surface area (TPSA) is 56.6 Å². The summed E-state index contributed by atoms with van der Waals surface area (Å²) in [5, 5.41) is 19.1. The van der Waals surface area contributed by atoms with Crippen LogP contribution >= 0.6 is 0 Å².